The molecule has 0 N–H and O–H groups in total. The smallest absolute Gasteiger partial charge is 0.413 e. The minimum atomic E-state index is -4.61. The molecule has 4 nitrogen and oxygen atoms in total. The molecule has 0 atom stereocenters. The van der Waals surface area contributed by atoms with Crippen LogP contribution in [0.15, 0.2) is 28.7 Å². The lowest BCUT2D eigenvalue weighted by Crippen LogP contribution is -2.17. The van der Waals surface area contributed by atoms with Crippen molar-refractivity contribution in [2.45, 2.75) is 19.0 Å². The minimum absolute atomic E-state index is 0.113. The highest BCUT2D eigenvalue weighted by Crippen LogP contribution is 2.31. The van der Waals surface area contributed by atoms with E-state index in [1.54, 1.807) is 18.2 Å². The number of alkyl halides is 3. The summed E-state index contributed by atoms with van der Waals surface area (Å²) in [6.07, 6.45) is -2.36. The van der Waals surface area contributed by atoms with Gasteiger partial charge in [0.05, 0.1) is 0 Å². The van der Waals surface area contributed by atoms with Gasteiger partial charge in [-0.3, -0.25) is 0 Å². The topological polar surface area (TPSA) is 42.2 Å². The lowest BCUT2D eigenvalue weighted by molar-refractivity contribution is -0.156. The predicted octanol–water partition coefficient (Wildman–Crippen LogP) is 3.36. The van der Waals surface area contributed by atoms with E-state index >= 15 is 0 Å². The molecule has 0 spiro atoms. The molecule has 1 aliphatic heterocycles. The lowest BCUT2D eigenvalue weighted by atomic mass is 10.2. The molecule has 106 valence electrons. The zero-order chi connectivity index (χ0) is 14.2. The molecule has 1 aliphatic rings. The Labute approximate surface area is 113 Å². The van der Waals surface area contributed by atoms with E-state index in [1.165, 1.54) is 0 Å². The van der Waals surface area contributed by atoms with Crippen LogP contribution in [0.2, 0.25) is 0 Å². The van der Waals surface area contributed by atoms with Gasteiger partial charge in [0.15, 0.2) is 0 Å². The molecule has 1 aromatic heterocycles. The third kappa shape index (κ3) is 2.48. The molecule has 0 aliphatic carbocycles. The van der Waals surface area contributed by atoms with Crippen molar-refractivity contribution in [3.05, 3.63) is 30.2 Å². The van der Waals surface area contributed by atoms with E-state index in [0.717, 1.165) is 31.6 Å². The largest absolute Gasteiger partial charge is 0.470 e. The maximum Gasteiger partial charge on any atom is 0.470 e. The molecule has 0 bridgehead atoms. The molecule has 1 aromatic carbocycles. The van der Waals surface area contributed by atoms with Crippen molar-refractivity contribution in [1.29, 1.82) is 0 Å². The SMILES string of the molecule is FC(F)(F)c1nnc(-c2cccc(N3CCCC3)c2)o1. The van der Waals surface area contributed by atoms with E-state index in [2.05, 4.69) is 19.5 Å². The summed E-state index contributed by atoms with van der Waals surface area (Å²) in [4.78, 5) is 2.19. The van der Waals surface area contributed by atoms with Gasteiger partial charge in [-0.2, -0.15) is 13.2 Å². The number of hydrogen-bond donors (Lipinski definition) is 0. The van der Waals surface area contributed by atoms with E-state index in [-0.39, 0.29) is 5.89 Å². The minimum Gasteiger partial charge on any atom is -0.413 e. The second-order valence-electron chi connectivity index (χ2n) is 4.65. The van der Waals surface area contributed by atoms with E-state index in [0.29, 0.717) is 5.56 Å². The normalized spacial score (nSPS) is 15.8. The van der Waals surface area contributed by atoms with Gasteiger partial charge in [-0.1, -0.05) is 6.07 Å². The fourth-order valence-corrected chi connectivity index (χ4v) is 2.27. The Balaban J connectivity index is 1.90. The van der Waals surface area contributed by atoms with Gasteiger partial charge >= 0.3 is 12.1 Å². The zero-order valence-corrected chi connectivity index (χ0v) is 10.5. The first-order chi connectivity index (χ1) is 9.54. The molecule has 0 unspecified atom stereocenters. The van der Waals surface area contributed by atoms with Gasteiger partial charge in [-0.25, -0.2) is 0 Å². The Kier molecular flexibility index (Phi) is 3.11. The quantitative estimate of drug-likeness (QED) is 0.847. The summed E-state index contributed by atoms with van der Waals surface area (Å²) in [5.41, 5.74) is 1.46. The van der Waals surface area contributed by atoms with Gasteiger partial charge in [-0.15, -0.1) is 10.2 Å². The van der Waals surface area contributed by atoms with Gasteiger partial charge in [0.1, 0.15) is 0 Å². The molecular weight excluding hydrogens is 271 g/mol. The number of anilines is 1. The molecule has 7 heteroatoms. The van der Waals surface area contributed by atoms with Crippen LogP contribution in [0.3, 0.4) is 0 Å². The van der Waals surface area contributed by atoms with Gasteiger partial charge < -0.3 is 9.32 Å². The van der Waals surface area contributed by atoms with E-state index < -0.39 is 12.1 Å². The number of benzene rings is 1. The summed E-state index contributed by atoms with van der Waals surface area (Å²) in [7, 11) is 0. The number of nitrogens with zero attached hydrogens (tertiary/aromatic N) is 3. The standard InChI is InChI=1S/C13H12F3N3O/c14-13(15,16)12-18-17-11(20-12)9-4-3-5-10(8-9)19-6-1-2-7-19/h3-5,8H,1-2,6-7H2. The third-order valence-electron chi connectivity index (χ3n) is 3.23. The van der Waals surface area contributed by atoms with E-state index in [4.69, 9.17) is 0 Å². The van der Waals surface area contributed by atoms with Crippen LogP contribution in [-0.4, -0.2) is 23.3 Å². The molecule has 3 rings (SSSR count). The summed E-state index contributed by atoms with van der Waals surface area (Å²) in [6.45, 7) is 1.92. The van der Waals surface area contributed by atoms with Crippen LogP contribution in [0.25, 0.3) is 11.5 Å². The molecular formula is C13H12F3N3O. The van der Waals surface area contributed by atoms with Crippen molar-refractivity contribution >= 4 is 5.69 Å². The average Bonchev–Trinajstić information content (AvgIpc) is 3.10. The maximum absolute atomic E-state index is 12.4. The summed E-state index contributed by atoms with van der Waals surface area (Å²) in [5.74, 6) is -1.43. The van der Waals surface area contributed by atoms with Crippen molar-refractivity contribution < 1.29 is 17.6 Å². The lowest BCUT2D eigenvalue weighted by Gasteiger charge is -2.17. The van der Waals surface area contributed by atoms with Crippen LogP contribution >= 0.6 is 0 Å². The van der Waals surface area contributed by atoms with Crippen LogP contribution in [-0.2, 0) is 6.18 Å². The zero-order valence-electron chi connectivity index (χ0n) is 10.5. The van der Waals surface area contributed by atoms with Gasteiger partial charge in [0.25, 0.3) is 0 Å². The number of hydrogen-bond acceptors (Lipinski definition) is 4. The van der Waals surface area contributed by atoms with Gasteiger partial charge in [0, 0.05) is 24.3 Å². The molecule has 2 aromatic rings. The van der Waals surface area contributed by atoms with Gasteiger partial charge in [-0.05, 0) is 31.0 Å². The second kappa shape index (κ2) is 4.81. The van der Waals surface area contributed by atoms with Crippen molar-refractivity contribution in [1.82, 2.24) is 10.2 Å². The Morgan fingerprint density at radius 2 is 1.85 bits per heavy atom. The second-order valence-corrected chi connectivity index (χ2v) is 4.65. The van der Waals surface area contributed by atoms with Crippen LogP contribution in [0.4, 0.5) is 18.9 Å². The van der Waals surface area contributed by atoms with Crippen LogP contribution < -0.4 is 4.90 Å². The Morgan fingerprint density at radius 3 is 2.50 bits per heavy atom. The molecule has 1 fully saturated rings. The van der Waals surface area contributed by atoms with Crippen molar-refractivity contribution in [3.63, 3.8) is 0 Å². The average molecular weight is 283 g/mol. The fourth-order valence-electron chi connectivity index (χ4n) is 2.27. The van der Waals surface area contributed by atoms with Crippen molar-refractivity contribution in [2.75, 3.05) is 18.0 Å². The Bertz CT molecular complexity index is 603. The summed E-state index contributed by atoms with van der Waals surface area (Å²) in [5, 5.41) is 6.50. The monoisotopic (exact) mass is 283 g/mol. The highest BCUT2D eigenvalue weighted by molar-refractivity contribution is 5.62. The van der Waals surface area contributed by atoms with E-state index in [9.17, 15) is 13.2 Å². The summed E-state index contributed by atoms with van der Waals surface area (Å²) >= 11 is 0. The predicted molar refractivity (Wildman–Crippen MR) is 66.2 cm³/mol. The van der Waals surface area contributed by atoms with Crippen LogP contribution in [0, 0.1) is 0 Å². The number of aromatic nitrogens is 2. The first kappa shape index (κ1) is 13.0. The fraction of sp³-hybridized carbons (Fsp3) is 0.385. The molecule has 0 radical (unpaired) electrons. The first-order valence-electron chi connectivity index (χ1n) is 6.30. The molecule has 0 saturated carbocycles. The molecule has 1 saturated heterocycles. The molecule has 20 heavy (non-hydrogen) atoms. The molecule has 0 amide bonds. The van der Waals surface area contributed by atoms with Crippen molar-refractivity contribution in [3.8, 4) is 11.5 Å². The van der Waals surface area contributed by atoms with Crippen LogP contribution in [0.5, 0.6) is 0 Å². The first-order valence-corrected chi connectivity index (χ1v) is 6.30. The Morgan fingerprint density at radius 1 is 1.10 bits per heavy atom. The molecule has 2 heterocycles. The summed E-state index contributed by atoms with van der Waals surface area (Å²) in [6, 6.07) is 7.14. The Hall–Kier alpha value is -2.05. The van der Waals surface area contributed by atoms with Crippen LogP contribution in [0.1, 0.15) is 18.7 Å². The third-order valence-corrected chi connectivity index (χ3v) is 3.23. The highest BCUT2D eigenvalue weighted by atomic mass is 19.4. The van der Waals surface area contributed by atoms with Crippen molar-refractivity contribution in [2.24, 2.45) is 0 Å². The maximum atomic E-state index is 12.4. The number of halogens is 3. The highest BCUT2D eigenvalue weighted by Gasteiger charge is 2.38. The van der Waals surface area contributed by atoms with Gasteiger partial charge in [0.2, 0.25) is 5.89 Å². The number of rotatable bonds is 2. The summed E-state index contributed by atoms with van der Waals surface area (Å²) < 4.78 is 42.0. The van der Waals surface area contributed by atoms with E-state index in [1.807, 2.05) is 6.07 Å².